The lowest BCUT2D eigenvalue weighted by Gasteiger charge is -2.24. The van der Waals surface area contributed by atoms with Crippen LogP contribution in [0.4, 0.5) is 0 Å². The van der Waals surface area contributed by atoms with Crippen LogP contribution in [0.1, 0.15) is 40.2 Å². The van der Waals surface area contributed by atoms with Gasteiger partial charge in [0.25, 0.3) is 0 Å². The summed E-state index contributed by atoms with van der Waals surface area (Å²) in [4.78, 5) is 21.6. The van der Waals surface area contributed by atoms with Gasteiger partial charge >= 0.3 is 5.97 Å². The highest BCUT2D eigenvalue weighted by molar-refractivity contribution is 5.90. The number of hydrogen-bond acceptors (Lipinski definition) is 2. The molecule has 0 aromatic heterocycles. The molecule has 1 N–H and O–H groups in total. The van der Waals surface area contributed by atoms with E-state index in [1.807, 2.05) is 12.1 Å². The molecule has 0 atom stereocenters. The lowest BCUT2D eigenvalue weighted by atomic mass is 9.78. The molecule has 1 aromatic rings. The first-order valence-corrected chi connectivity index (χ1v) is 4.93. The SMILES string of the molecule is Cc1cc(C2CC(=O)C2)ccc1C(=O)O. The number of benzene rings is 1. The van der Waals surface area contributed by atoms with Crippen molar-refractivity contribution in [2.75, 3.05) is 0 Å². The molecule has 3 heteroatoms. The Morgan fingerprint density at radius 3 is 2.53 bits per heavy atom. The lowest BCUT2D eigenvalue weighted by molar-refractivity contribution is -0.124. The molecule has 1 aliphatic carbocycles. The van der Waals surface area contributed by atoms with Crippen molar-refractivity contribution in [3.05, 3.63) is 34.9 Å². The minimum Gasteiger partial charge on any atom is -0.478 e. The van der Waals surface area contributed by atoms with Crippen LogP contribution in [0.15, 0.2) is 18.2 Å². The molecule has 0 spiro atoms. The largest absolute Gasteiger partial charge is 0.478 e. The zero-order chi connectivity index (χ0) is 11.0. The Balaban J connectivity index is 2.26. The number of carboxylic acid groups (broad SMARTS) is 1. The van der Waals surface area contributed by atoms with Gasteiger partial charge in [-0.1, -0.05) is 12.1 Å². The summed E-state index contributed by atoms with van der Waals surface area (Å²) in [5.74, 6) is -0.303. The first kappa shape index (κ1) is 9.90. The van der Waals surface area contributed by atoms with Crippen molar-refractivity contribution in [1.29, 1.82) is 0 Å². The second kappa shape index (κ2) is 3.50. The van der Waals surface area contributed by atoms with E-state index < -0.39 is 5.97 Å². The highest BCUT2D eigenvalue weighted by Gasteiger charge is 2.28. The summed E-state index contributed by atoms with van der Waals surface area (Å²) in [5, 5.41) is 8.85. The van der Waals surface area contributed by atoms with Gasteiger partial charge in [0.1, 0.15) is 5.78 Å². The van der Waals surface area contributed by atoms with Crippen molar-refractivity contribution < 1.29 is 14.7 Å². The first-order chi connectivity index (χ1) is 7.08. The van der Waals surface area contributed by atoms with Crippen LogP contribution in [-0.4, -0.2) is 16.9 Å². The second-order valence-electron chi connectivity index (χ2n) is 4.02. The zero-order valence-electron chi connectivity index (χ0n) is 8.49. The number of carbonyl (C=O) groups excluding carboxylic acids is 1. The van der Waals surface area contributed by atoms with E-state index in [1.54, 1.807) is 13.0 Å². The smallest absolute Gasteiger partial charge is 0.335 e. The summed E-state index contributed by atoms with van der Waals surface area (Å²) in [7, 11) is 0. The van der Waals surface area contributed by atoms with Gasteiger partial charge in [0.05, 0.1) is 5.56 Å². The fourth-order valence-corrected chi connectivity index (χ4v) is 1.91. The van der Waals surface area contributed by atoms with Crippen LogP contribution in [-0.2, 0) is 4.79 Å². The van der Waals surface area contributed by atoms with Gasteiger partial charge < -0.3 is 5.11 Å². The fraction of sp³-hybridized carbons (Fsp3) is 0.333. The second-order valence-corrected chi connectivity index (χ2v) is 4.02. The van der Waals surface area contributed by atoms with Crippen LogP contribution in [0.2, 0.25) is 0 Å². The third-order valence-electron chi connectivity index (χ3n) is 2.90. The molecule has 0 unspecified atom stereocenters. The van der Waals surface area contributed by atoms with Crippen molar-refractivity contribution >= 4 is 11.8 Å². The summed E-state index contributed by atoms with van der Waals surface area (Å²) >= 11 is 0. The third-order valence-corrected chi connectivity index (χ3v) is 2.90. The van der Waals surface area contributed by atoms with Crippen LogP contribution in [0.5, 0.6) is 0 Å². The topological polar surface area (TPSA) is 54.4 Å². The number of hydrogen-bond donors (Lipinski definition) is 1. The molecule has 1 aliphatic rings. The number of rotatable bonds is 2. The van der Waals surface area contributed by atoms with Crippen molar-refractivity contribution in [3.63, 3.8) is 0 Å². The average Bonchev–Trinajstić information content (AvgIpc) is 2.12. The maximum absolute atomic E-state index is 10.8. The van der Waals surface area contributed by atoms with Gasteiger partial charge in [-0.05, 0) is 30.0 Å². The quantitative estimate of drug-likeness (QED) is 0.802. The number of ketones is 1. The summed E-state index contributed by atoms with van der Waals surface area (Å²) < 4.78 is 0. The van der Waals surface area contributed by atoms with Crippen LogP contribution in [0.25, 0.3) is 0 Å². The van der Waals surface area contributed by atoms with E-state index in [2.05, 4.69) is 0 Å². The molecular weight excluding hydrogens is 192 g/mol. The monoisotopic (exact) mass is 204 g/mol. The highest BCUT2D eigenvalue weighted by Crippen LogP contribution is 2.34. The number of Topliss-reactive ketones (excluding diaryl/α,β-unsaturated/α-hetero) is 1. The maximum Gasteiger partial charge on any atom is 0.335 e. The number of aryl methyl sites for hydroxylation is 1. The molecule has 1 fully saturated rings. The van der Waals surface area contributed by atoms with Gasteiger partial charge in [0, 0.05) is 12.8 Å². The molecule has 0 aliphatic heterocycles. The van der Waals surface area contributed by atoms with E-state index in [0.717, 1.165) is 11.1 Å². The van der Waals surface area contributed by atoms with Gasteiger partial charge in [0.15, 0.2) is 0 Å². The summed E-state index contributed by atoms with van der Waals surface area (Å²) in [6, 6.07) is 5.31. The maximum atomic E-state index is 10.8. The number of carbonyl (C=O) groups is 2. The Hall–Kier alpha value is -1.64. The van der Waals surface area contributed by atoms with E-state index in [9.17, 15) is 9.59 Å². The van der Waals surface area contributed by atoms with E-state index in [4.69, 9.17) is 5.11 Å². The van der Waals surface area contributed by atoms with Gasteiger partial charge in [-0.2, -0.15) is 0 Å². The molecule has 1 saturated carbocycles. The average molecular weight is 204 g/mol. The fourth-order valence-electron chi connectivity index (χ4n) is 1.91. The molecule has 0 amide bonds. The van der Waals surface area contributed by atoms with Crippen LogP contribution >= 0.6 is 0 Å². The standard InChI is InChI=1S/C12H12O3/c1-7-4-8(9-5-10(13)6-9)2-3-11(7)12(14)15/h2-4,9H,5-6H2,1H3,(H,14,15). The normalized spacial score (nSPS) is 16.2. The zero-order valence-corrected chi connectivity index (χ0v) is 8.49. The Kier molecular flexibility index (Phi) is 2.31. The number of carboxylic acids is 1. The van der Waals surface area contributed by atoms with Crippen molar-refractivity contribution in [2.45, 2.75) is 25.7 Å². The Labute approximate surface area is 87.7 Å². The summed E-state index contributed by atoms with van der Waals surface area (Å²) in [6.45, 7) is 1.79. The first-order valence-electron chi connectivity index (χ1n) is 4.93. The molecule has 0 heterocycles. The van der Waals surface area contributed by atoms with E-state index in [1.165, 1.54) is 0 Å². The Morgan fingerprint density at radius 1 is 1.40 bits per heavy atom. The van der Waals surface area contributed by atoms with Crippen molar-refractivity contribution in [1.82, 2.24) is 0 Å². The van der Waals surface area contributed by atoms with Crippen molar-refractivity contribution in [2.24, 2.45) is 0 Å². The molecule has 2 rings (SSSR count). The number of aromatic carboxylic acids is 1. The minimum absolute atomic E-state index is 0.292. The molecule has 0 bridgehead atoms. The molecule has 0 saturated heterocycles. The van der Waals surface area contributed by atoms with Gasteiger partial charge in [-0.3, -0.25) is 4.79 Å². The van der Waals surface area contributed by atoms with Gasteiger partial charge in [-0.15, -0.1) is 0 Å². The predicted octanol–water partition coefficient (Wildman–Crippen LogP) is 2.14. The van der Waals surface area contributed by atoms with E-state index >= 15 is 0 Å². The molecular formula is C12H12O3. The molecule has 3 nitrogen and oxygen atoms in total. The third kappa shape index (κ3) is 1.77. The van der Waals surface area contributed by atoms with Crippen molar-refractivity contribution in [3.8, 4) is 0 Å². The lowest BCUT2D eigenvalue weighted by Crippen LogP contribution is -2.21. The van der Waals surface area contributed by atoms with Crippen LogP contribution in [0.3, 0.4) is 0 Å². The minimum atomic E-state index is -0.899. The molecule has 78 valence electrons. The predicted molar refractivity (Wildman–Crippen MR) is 55.1 cm³/mol. The Bertz CT molecular complexity index is 426. The molecule has 0 radical (unpaired) electrons. The van der Waals surface area contributed by atoms with Crippen LogP contribution in [0, 0.1) is 6.92 Å². The Morgan fingerprint density at radius 2 is 2.07 bits per heavy atom. The van der Waals surface area contributed by atoms with Crippen LogP contribution < -0.4 is 0 Å². The van der Waals surface area contributed by atoms with E-state index in [0.29, 0.717) is 30.1 Å². The van der Waals surface area contributed by atoms with Gasteiger partial charge in [0.2, 0.25) is 0 Å². The summed E-state index contributed by atoms with van der Waals surface area (Å²) in [5.41, 5.74) is 2.18. The van der Waals surface area contributed by atoms with Gasteiger partial charge in [-0.25, -0.2) is 4.79 Å². The summed E-state index contributed by atoms with van der Waals surface area (Å²) in [6.07, 6.45) is 1.21. The highest BCUT2D eigenvalue weighted by atomic mass is 16.4. The molecule has 15 heavy (non-hydrogen) atoms. The van der Waals surface area contributed by atoms with E-state index in [-0.39, 0.29) is 0 Å². The molecule has 1 aromatic carbocycles.